The number of ether oxygens (including phenoxy) is 1. The molecule has 5 rings (SSSR count). The van der Waals surface area contributed by atoms with Crippen LogP contribution in [0.4, 0.5) is 21.6 Å². The van der Waals surface area contributed by atoms with Crippen molar-refractivity contribution in [3.05, 3.63) is 69.0 Å². The van der Waals surface area contributed by atoms with Gasteiger partial charge in [0, 0.05) is 86.2 Å². The van der Waals surface area contributed by atoms with E-state index in [9.17, 15) is 9.59 Å². The molecule has 9 nitrogen and oxygen atoms in total. The van der Waals surface area contributed by atoms with E-state index in [1.54, 1.807) is 6.92 Å². The normalized spacial score (nSPS) is 15.9. The van der Waals surface area contributed by atoms with Gasteiger partial charge in [0.05, 0.1) is 12.2 Å². The number of carbonyl (C=O) groups is 1. The molecule has 0 radical (unpaired) electrons. The number of halogens is 1. The molecule has 2 N–H and O–H groups in total. The Morgan fingerprint density at radius 3 is 2.43 bits per heavy atom. The molecule has 2 aliphatic heterocycles. The highest BCUT2D eigenvalue weighted by Crippen LogP contribution is 2.38. The van der Waals surface area contributed by atoms with Gasteiger partial charge in [0.25, 0.3) is 5.56 Å². The number of nitrogens with zero attached hydrogens (tertiary/aromatic N) is 4. The van der Waals surface area contributed by atoms with Gasteiger partial charge in [-0.05, 0) is 74.9 Å². The molecule has 0 aliphatic carbocycles. The smallest absolute Gasteiger partial charge is 0.253 e. The Morgan fingerprint density at radius 1 is 1.11 bits per heavy atom. The van der Waals surface area contributed by atoms with Crippen molar-refractivity contribution in [3.63, 3.8) is 0 Å². The number of anilines is 3. The van der Waals surface area contributed by atoms with Crippen LogP contribution in [0.2, 0.25) is 0 Å². The number of nitrogens with one attached hydrogen (secondary N) is 2. The molecular formula is C34H45FN6O3. The molecular weight excluding hydrogens is 559 g/mol. The van der Waals surface area contributed by atoms with Crippen LogP contribution in [0, 0.1) is 19.7 Å². The van der Waals surface area contributed by atoms with Crippen LogP contribution in [-0.2, 0) is 16.1 Å². The molecule has 0 atom stereocenters. The highest BCUT2D eigenvalue weighted by molar-refractivity contribution is 5.85. The standard InChI is InChI=1S/C34H45FN6O3/c1-6-41(27-9-15-44-16-10-27)30-18-26(25-7-8-31(37-19-25)39-13-11-36-12-14-39)17-29(23(30)4)40(21-42)20-28-32(22(2)3)33(35)24(5)38-34(28)43/h7-8,17-19,21-22,27,36H,6,9-16,20H2,1-5H3,(H,38,43). The second-order valence-electron chi connectivity index (χ2n) is 12.1. The average molecular weight is 605 g/mol. The third-order valence-electron chi connectivity index (χ3n) is 8.97. The third-order valence-corrected chi connectivity index (χ3v) is 8.97. The van der Waals surface area contributed by atoms with E-state index in [1.165, 1.54) is 4.90 Å². The van der Waals surface area contributed by atoms with Crippen LogP contribution in [-0.4, -0.2) is 68.4 Å². The van der Waals surface area contributed by atoms with Gasteiger partial charge >= 0.3 is 0 Å². The van der Waals surface area contributed by atoms with E-state index >= 15 is 4.39 Å². The highest BCUT2D eigenvalue weighted by Gasteiger charge is 2.26. The predicted octanol–water partition coefficient (Wildman–Crippen LogP) is 4.89. The number of pyridine rings is 2. The molecule has 1 amide bonds. The van der Waals surface area contributed by atoms with E-state index in [4.69, 9.17) is 9.72 Å². The van der Waals surface area contributed by atoms with Crippen LogP contribution in [0.5, 0.6) is 0 Å². The summed E-state index contributed by atoms with van der Waals surface area (Å²) in [5, 5.41) is 3.38. The Hall–Kier alpha value is -3.76. The molecule has 4 heterocycles. The van der Waals surface area contributed by atoms with Crippen LogP contribution >= 0.6 is 0 Å². The summed E-state index contributed by atoms with van der Waals surface area (Å²) in [6.45, 7) is 15.3. The van der Waals surface area contributed by atoms with Crippen molar-refractivity contribution in [2.24, 2.45) is 0 Å². The Bertz CT molecular complexity index is 1510. The number of H-pyrrole nitrogens is 1. The van der Waals surface area contributed by atoms with Gasteiger partial charge in [-0.15, -0.1) is 0 Å². The van der Waals surface area contributed by atoms with Gasteiger partial charge in [-0.1, -0.05) is 13.8 Å². The van der Waals surface area contributed by atoms with E-state index in [0.29, 0.717) is 30.5 Å². The number of rotatable bonds is 10. The van der Waals surface area contributed by atoms with Crippen LogP contribution in [0.1, 0.15) is 61.9 Å². The van der Waals surface area contributed by atoms with Crippen molar-refractivity contribution in [1.29, 1.82) is 0 Å². The van der Waals surface area contributed by atoms with E-state index in [0.717, 1.165) is 80.2 Å². The van der Waals surface area contributed by atoms with Crippen LogP contribution in [0.3, 0.4) is 0 Å². The number of carbonyl (C=O) groups excluding carboxylic acids is 1. The van der Waals surface area contributed by atoms with Crippen molar-refractivity contribution < 1.29 is 13.9 Å². The molecule has 2 fully saturated rings. The minimum Gasteiger partial charge on any atom is -0.381 e. The number of amides is 1. The van der Waals surface area contributed by atoms with Crippen molar-refractivity contribution in [2.75, 3.05) is 60.6 Å². The summed E-state index contributed by atoms with van der Waals surface area (Å²) in [6.07, 6.45) is 4.47. The van der Waals surface area contributed by atoms with Gasteiger partial charge < -0.3 is 29.7 Å². The lowest BCUT2D eigenvalue weighted by Crippen LogP contribution is -2.43. The fraction of sp³-hybridized carbons (Fsp3) is 0.500. The molecule has 2 aliphatic rings. The van der Waals surface area contributed by atoms with Crippen LogP contribution < -0.4 is 25.6 Å². The van der Waals surface area contributed by atoms with Crippen LogP contribution in [0.15, 0.2) is 35.3 Å². The summed E-state index contributed by atoms with van der Waals surface area (Å²) >= 11 is 0. The third kappa shape index (κ3) is 6.51. The van der Waals surface area contributed by atoms with Gasteiger partial charge in [-0.25, -0.2) is 9.37 Å². The second kappa shape index (κ2) is 13.9. The monoisotopic (exact) mass is 604 g/mol. The molecule has 3 aromatic rings. The largest absolute Gasteiger partial charge is 0.381 e. The van der Waals surface area contributed by atoms with E-state index in [2.05, 4.69) is 45.2 Å². The molecule has 0 bridgehead atoms. The molecule has 1 aromatic carbocycles. The van der Waals surface area contributed by atoms with Crippen molar-refractivity contribution >= 4 is 23.6 Å². The summed E-state index contributed by atoms with van der Waals surface area (Å²) in [5.74, 6) is 0.280. The minimum absolute atomic E-state index is 0.0448. The van der Waals surface area contributed by atoms with Gasteiger partial charge in [-0.3, -0.25) is 9.59 Å². The molecule has 44 heavy (non-hydrogen) atoms. The summed E-state index contributed by atoms with van der Waals surface area (Å²) in [4.78, 5) is 39.6. The predicted molar refractivity (Wildman–Crippen MR) is 174 cm³/mol. The molecule has 0 unspecified atom stereocenters. The lowest BCUT2D eigenvalue weighted by atomic mass is 9.95. The Kier molecular flexibility index (Phi) is 10.0. The minimum atomic E-state index is -0.432. The Balaban J connectivity index is 1.61. The quantitative estimate of drug-likeness (QED) is 0.318. The lowest BCUT2D eigenvalue weighted by molar-refractivity contribution is -0.107. The van der Waals surface area contributed by atoms with E-state index in [-0.39, 0.29) is 29.3 Å². The molecule has 2 saturated heterocycles. The molecule has 0 saturated carbocycles. The van der Waals surface area contributed by atoms with Gasteiger partial charge in [0.2, 0.25) is 6.41 Å². The number of aromatic amines is 1. The fourth-order valence-corrected chi connectivity index (χ4v) is 6.57. The fourth-order valence-electron chi connectivity index (χ4n) is 6.57. The number of hydrogen-bond acceptors (Lipinski definition) is 7. The van der Waals surface area contributed by atoms with E-state index in [1.807, 2.05) is 33.0 Å². The first kappa shape index (κ1) is 31.7. The van der Waals surface area contributed by atoms with E-state index < -0.39 is 5.82 Å². The molecule has 2 aromatic heterocycles. The maximum atomic E-state index is 15.3. The van der Waals surface area contributed by atoms with Crippen molar-refractivity contribution in [3.8, 4) is 11.1 Å². The topological polar surface area (TPSA) is 93.8 Å². The maximum Gasteiger partial charge on any atom is 0.253 e. The van der Waals surface area contributed by atoms with Gasteiger partial charge in [0.15, 0.2) is 0 Å². The Labute approximate surface area is 259 Å². The number of hydrogen-bond donors (Lipinski definition) is 2. The summed E-state index contributed by atoms with van der Waals surface area (Å²) in [6, 6.07) is 8.60. The first-order chi connectivity index (χ1) is 21.2. The molecule has 236 valence electrons. The maximum absolute atomic E-state index is 15.3. The first-order valence-electron chi connectivity index (χ1n) is 15.8. The zero-order valence-electron chi connectivity index (χ0n) is 26.6. The summed E-state index contributed by atoms with van der Waals surface area (Å²) in [7, 11) is 0. The summed E-state index contributed by atoms with van der Waals surface area (Å²) < 4.78 is 21.0. The molecule has 10 heteroatoms. The first-order valence-corrected chi connectivity index (χ1v) is 15.8. The average Bonchev–Trinajstić information content (AvgIpc) is 3.04. The van der Waals surface area contributed by atoms with Gasteiger partial charge in [0.1, 0.15) is 11.6 Å². The lowest BCUT2D eigenvalue weighted by Gasteiger charge is -2.37. The SMILES string of the molecule is CCN(c1cc(-c2ccc(N3CCNCC3)nc2)cc(N(C=O)Cc2c(C(C)C)c(F)c(C)[nH]c2=O)c1C)C1CCOCC1. The van der Waals surface area contributed by atoms with Gasteiger partial charge in [-0.2, -0.15) is 0 Å². The zero-order valence-corrected chi connectivity index (χ0v) is 26.6. The highest BCUT2D eigenvalue weighted by atomic mass is 19.1. The zero-order chi connectivity index (χ0) is 31.4. The van der Waals surface area contributed by atoms with Crippen LogP contribution in [0.25, 0.3) is 11.1 Å². The number of aromatic nitrogens is 2. The molecule has 0 spiro atoms. The van der Waals surface area contributed by atoms with Crippen molar-refractivity contribution in [2.45, 2.75) is 66.0 Å². The Morgan fingerprint density at radius 2 is 1.82 bits per heavy atom. The second-order valence-corrected chi connectivity index (χ2v) is 12.1. The number of piperazine rings is 1. The summed E-state index contributed by atoms with van der Waals surface area (Å²) in [5.41, 5.74) is 4.92. The number of benzene rings is 1. The number of aryl methyl sites for hydroxylation is 1. The van der Waals surface area contributed by atoms with Crippen molar-refractivity contribution in [1.82, 2.24) is 15.3 Å².